The highest BCUT2D eigenvalue weighted by Gasteiger charge is 2.21. The highest BCUT2D eigenvalue weighted by molar-refractivity contribution is 5.34. The second-order valence-corrected chi connectivity index (χ2v) is 4.72. The van der Waals surface area contributed by atoms with E-state index in [4.69, 9.17) is 0 Å². The van der Waals surface area contributed by atoms with Crippen LogP contribution in [0.15, 0.2) is 36.4 Å². The van der Waals surface area contributed by atoms with Gasteiger partial charge in [-0.3, -0.25) is 0 Å². The first-order valence-electron chi connectivity index (χ1n) is 6.66. The smallest absolute Gasteiger partial charge is 0.128 e. The summed E-state index contributed by atoms with van der Waals surface area (Å²) in [5.41, 5.74) is -0.0964. The molecule has 2 aromatic rings. The van der Waals surface area contributed by atoms with E-state index in [0.717, 1.165) is 36.4 Å². The van der Waals surface area contributed by atoms with Crippen LogP contribution in [0.1, 0.15) is 30.5 Å². The van der Waals surface area contributed by atoms with Gasteiger partial charge < -0.3 is 5.32 Å². The molecule has 0 spiro atoms. The molecule has 1 N–H and O–H groups in total. The van der Waals surface area contributed by atoms with Crippen LogP contribution in [-0.4, -0.2) is 6.54 Å². The third-order valence-corrected chi connectivity index (χ3v) is 3.14. The molecule has 0 aromatic heterocycles. The summed E-state index contributed by atoms with van der Waals surface area (Å²) in [6.07, 6.45) is 0.713. The summed E-state index contributed by atoms with van der Waals surface area (Å²) < 4.78 is 54.6. The molecule has 0 saturated heterocycles. The normalized spacial score (nSPS) is 11.1. The molecular formula is C16H15F4N. The van der Waals surface area contributed by atoms with E-state index in [1.54, 1.807) is 0 Å². The zero-order valence-corrected chi connectivity index (χ0v) is 11.5. The summed E-state index contributed by atoms with van der Waals surface area (Å²) in [6, 6.07) is 4.96. The number of nitrogens with one attached hydrogen (secondary N) is 1. The van der Waals surface area contributed by atoms with Gasteiger partial charge >= 0.3 is 0 Å². The van der Waals surface area contributed by atoms with Crippen LogP contribution in [0.2, 0.25) is 0 Å². The zero-order chi connectivity index (χ0) is 15.4. The summed E-state index contributed by atoms with van der Waals surface area (Å²) in [7, 11) is 0. The monoisotopic (exact) mass is 297 g/mol. The highest BCUT2D eigenvalue weighted by Crippen LogP contribution is 2.27. The first-order chi connectivity index (χ1) is 10.0. The molecular weight excluding hydrogens is 282 g/mol. The van der Waals surface area contributed by atoms with Gasteiger partial charge in [-0.25, -0.2) is 17.6 Å². The van der Waals surface area contributed by atoms with Gasteiger partial charge in [-0.05, 0) is 49.4 Å². The average molecular weight is 297 g/mol. The Morgan fingerprint density at radius 2 is 1.33 bits per heavy atom. The SMILES string of the molecule is CCCNC(c1cc(F)ccc1F)c1cc(F)ccc1F. The fourth-order valence-electron chi connectivity index (χ4n) is 2.15. The fraction of sp³-hybridized carbons (Fsp3) is 0.250. The Hall–Kier alpha value is -1.88. The van der Waals surface area contributed by atoms with E-state index in [9.17, 15) is 17.6 Å². The third-order valence-electron chi connectivity index (χ3n) is 3.14. The minimum Gasteiger partial charge on any atom is -0.306 e. The molecule has 0 aliphatic rings. The Morgan fingerprint density at radius 3 is 1.76 bits per heavy atom. The molecule has 0 amide bonds. The van der Waals surface area contributed by atoms with Crippen LogP contribution in [0.3, 0.4) is 0 Å². The van der Waals surface area contributed by atoms with Crippen LogP contribution in [-0.2, 0) is 0 Å². The van der Waals surface area contributed by atoms with E-state index >= 15 is 0 Å². The minimum atomic E-state index is -0.948. The lowest BCUT2D eigenvalue weighted by Crippen LogP contribution is -2.25. The van der Waals surface area contributed by atoms with E-state index in [2.05, 4.69) is 5.32 Å². The highest BCUT2D eigenvalue weighted by atomic mass is 19.1. The van der Waals surface area contributed by atoms with Gasteiger partial charge in [0.2, 0.25) is 0 Å². The molecule has 1 nitrogen and oxygen atoms in total. The van der Waals surface area contributed by atoms with E-state index in [0.29, 0.717) is 13.0 Å². The molecule has 0 fully saturated rings. The second kappa shape index (κ2) is 6.72. The van der Waals surface area contributed by atoms with Crippen molar-refractivity contribution in [1.29, 1.82) is 0 Å². The molecule has 0 radical (unpaired) electrons. The number of benzene rings is 2. The molecule has 0 saturated carbocycles. The molecule has 0 aliphatic carbocycles. The van der Waals surface area contributed by atoms with Gasteiger partial charge in [0.05, 0.1) is 6.04 Å². The Kier molecular flexibility index (Phi) is 4.96. The number of hydrogen-bond donors (Lipinski definition) is 1. The zero-order valence-electron chi connectivity index (χ0n) is 11.5. The molecule has 21 heavy (non-hydrogen) atoms. The Bertz CT molecular complexity index is 576. The lowest BCUT2D eigenvalue weighted by atomic mass is 9.97. The van der Waals surface area contributed by atoms with Gasteiger partial charge in [0.15, 0.2) is 0 Å². The molecule has 5 heteroatoms. The van der Waals surface area contributed by atoms with Gasteiger partial charge in [0, 0.05) is 11.1 Å². The van der Waals surface area contributed by atoms with Crippen molar-refractivity contribution in [2.45, 2.75) is 19.4 Å². The summed E-state index contributed by atoms with van der Waals surface area (Å²) in [6.45, 7) is 2.34. The molecule has 112 valence electrons. The Morgan fingerprint density at radius 1 is 0.857 bits per heavy atom. The van der Waals surface area contributed by atoms with Crippen LogP contribution in [0, 0.1) is 23.3 Å². The molecule has 0 atom stereocenters. The maximum absolute atomic E-state index is 13.9. The minimum absolute atomic E-state index is 0.0482. The van der Waals surface area contributed by atoms with Gasteiger partial charge in [-0.15, -0.1) is 0 Å². The second-order valence-electron chi connectivity index (χ2n) is 4.72. The standard InChI is InChI=1S/C16H15F4N/c1-2-7-21-16(12-8-10(17)3-5-14(12)19)13-9-11(18)4-6-15(13)20/h3-6,8-9,16,21H,2,7H2,1H3. The van der Waals surface area contributed by atoms with E-state index in [1.807, 2.05) is 6.92 Å². The first kappa shape index (κ1) is 15.5. The van der Waals surface area contributed by atoms with Gasteiger partial charge in [0.25, 0.3) is 0 Å². The van der Waals surface area contributed by atoms with E-state index in [1.165, 1.54) is 0 Å². The Labute approximate surface area is 120 Å². The predicted octanol–water partition coefficient (Wildman–Crippen LogP) is 4.33. The summed E-state index contributed by atoms with van der Waals surface area (Å²) in [4.78, 5) is 0. The van der Waals surface area contributed by atoms with Crippen molar-refractivity contribution in [2.24, 2.45) is 0 Å². The van der Waals surface area contributed by atoms with Crippen LogP contribution < -0.4 is 5.32 Å². The van der Waals surface area contributed by atoms with Crippen molar-refractivity contribution in [3.63, 3.8) is 0 Å². The largest absolute Gasteiger partial charge is 0.306 e. The van der Waals surface area contributed by atoms with E-state index in [-0.39, 0.29) is 11.1 Å². The number of hydrogen-bond acceptors (Lipinski definition) is 1. The van der Waals surface area contributed by atoms with Crippen molar-refractivity contribution >= 4 is 0 Å². The van der Waals surface area contributed by atoms with Gasteiger partial charge in [-0.1, -0.05) is 6.92 Å². The lowest BCUT2D eigenvalue weighted by Gasteiger charge is -2.21. The van der Waals surface area contributed by atoms with Crippen LogP contribution >= 0.6 is 0 Å². The molecule has 2 aromatic carbocycles. The van der Waals surface area contributed by atoms with Crippen LogP contribution in [0.25, 0.3) is 0 Å². The van der Waals surface area contributed by atoms with Gasteiger partial charge in [0.1, 0.15) is 23.3 Å². The van der Waals surface area contributed by atoms with Gasteiger partial charge in [-0.2, -0.15) is 0 Å². The molecule has 2 rings (SSSR count). The average Bonchev–Trinajstić information content (AvgIpc) is 2.46. The topological polar surface area (TPSA) is 12.0 Å². The summed E-state index contributed by atoms with van der Waals surface area (Å²) in [5.74, 6) is -2.61. The maximum atomic E-state index is 13.9. The predicted molar refractivity (Wildman–Crippen MR) is 72.9 cm³/mol. The lowest BCUT2D eigenvalue weighted by molar-refractivity contribution is 0.508. The van der Waals surface area contributed by atoms with Crippen molar-refractivity contribution in [1.82, 2.24) is 5.32 Å². The molecule has 0 unspecified atom stereocenters. The van der Waals surface area contributed by atoms with Crippen LogP contribution in [0.5, 0.6) is 0 Å². The third kappa shape index (κ3) is 3.61. The molecule has 0 aliphatic heterocycles. The fourth-order valence-corrected chi connectivity index (χ4v) is 2.15. The van der Waals surface area contributed by atoms with E-state index < -0.39 is 29.3 Å². The number of halogens is 4. The summed E-state index contributed by atoms with van der Waals surface area (Å²) >= 11 is 0. The summed E-state index contributed by atoms with van der Waals surface area (Å²) in [5, 5.41) is 2.92. The molecule has 0 bridgehead atoms. The Balaban J connectivity index is 2.52. The maximum Gasteiger partial charge on any atom is 0.128 e. The van der Waals surface area contributed by atoms with Crippen molar-refractivity contribution in [2.75, 3.05) is 6.54 Å². The number of rotatable bonds is 5. The van der Waals surface area contributed by atoms with Crippen molar-refractivity contribution in [3.05, 3.63) is 70.8 Å². The quantitative estimate of drug-likeness (QED) is 0.810. The molecule has 0 heterocycles. The van der Waals surface area contributed by atoms with Crippen molar-refractivity contribution in [3.8, 4) is 0 Å². The first-order valence-corrected chi connectivity index (χ1v) is 6.66. The van der Waals surface area contributed by atoms with Crippen LogP contribution in [0.4, 0.5) is 17.6 Å². The van der Waals surface area contributed by atoms with Crippen molar-refractivity contribution < 1.29 is 17.6 Å².